The first-order valence-corrected chi connectivity index (χ1v) is 17.4. The fraction of sp³-hybridized carbons (Fsp3) is 0. The maximum atomic E-state index is 5.17. The number of fused-ring (bicyclic) bond motifs is 11. The molecular weight excluding hydrogens is 637 g/mol. The van der Waals surface area contributed by atoms with Gasteiger partial charge in [-0.1, -0.05) is 109 Å². The average molecular weight is 665 g/mol. The Bertz CT molecular complexity index is 3100. The van der Waals surface area contributed by atoms with Crippen molar-refractivity contribution in [3.63, 3.8) is 0 Å². The number of para-hydroxylation sites is 4. The Balaban J connectivity index is 1.12. The number of benzene rings is 7. The molecule has 242 valence electrons. The second kappa shape index (κ2) is 11.2. The van der Waals surface area contributed by atoms with Gasteiger partial charge in [0.25, 0.3) is 0 Å². The highest BCUT2D eigenvalue weighted by Crippen LogP contribution is 2.39. The van der Waals surface area contributed by atoms with Crippen LogP contribution >= 0.6 is 0 Å². The second-order valence-electron chi connectivity index (χ2n) is 13.1. The van der Waals surface area contributed by atoms with E-state index in [4.69, 9.17) is 19.9 Å². The topological polar surface area (TPSA) is 60.9 Å². The van der Waals surface area contributed by atoms with E-state index in [0.717, 1.165) is 61.0 Å². The van der Waals surface area contributed by atoms with Crippen molar-refractivity contribution < 1.29 is 0 Å². The zero-order valence-electron chi connectivity index (χ0n) is 27.8. The third-order valence-electron chi connectivity index (χ3n) is 10.1. The molecule has 0 amide bonds. The molecule has 0 aliphatic carbocycles. The van der Waals surface area contributed by atoms with Crippen molar-refractivity contribution in [1.82, 2.24) is 28.9 Å². The van der Waals surface area contributed by atoms with Gasteiger partial charge < -0.3 is 4.57 Å². The highest BCUT2D eigenvalue weighted by Gasteiger charge is 2.19. The van der Waals surface area contributed by atoms with E-state index in [1.807, 2.05) is 60.7 Å². The molecule has 0 saturated heterocycles. The summed E-state index contributed by atoms with van der Waals surface area (Å²) in [4.78, 5) is 20.0. The number of aromatic nitrogens is 6. The van der Waals surface area contributed by atoms with E-state index in [2.05, 4.69) is 118 Å². The van der Waals surface area contributed by atoms with E-state index in [-0.39, 0.29) is 0 Å². The monoisotopic (exact) mass is 664 g/mol. The van der Waals surface area contributed by atoms with Crippen LogP contribution in [0, 0.1) is 0 Å². The molecule has 0 aliphatic heterocycles. The molecule has 4 heterocycles. The van der Waals surface area contributed by atoms with E-state index in [0.29, 0.717) is 17.5 Å². The quantitative estimate of drug-likeness (QED) is 0.176. The normalized spacial score (nSPS) is 11.8. The minimum Gasteiger partial charge on any atom is -0.309 e. The standard InChI is InChI=1S/C46H28N6/c1-3-13-29(14-4-1)43-48-44(30-15-5-2-6-16-30)50-45(49-43)31-23-25-32(26-24-31)51-39-20-10-8-18-34(39)36-27-37-35(28-42(36)51)33-17-7-11-21-40(33)52-41-22-12-9-19-38(41)47-46(37)52/h1-28H. The van der Waals surface area contributed by atoms with Gasteiger partial charge in [-0.05, 0) is 66.0 Å². The maximum Gasteiger partial charge on any atom is 0.164 e. The first kappa shape index (κ1) is 28.6. The first-order valence-electron chi connectivity index (χ1n) is 17.4. The maximum absolute atomic E-state index is 5.17. The zero-order chi connectivity index (χ0) is 34.2. The van der Waals surface area contributed by atoms with Crippen molar-refractivity contribution in [3.8, 4) is 39.9 Å². The highest BCUT2D eigenvalue weighted by molar-refractivity contribution is 6.21. The lowest BCUT2D eigenvalue weighted by molar-refractivity contribution is 1.07. The molecular formula is C46H28N6. The summed E-state index contributed by atoms with van der Waals surface area (Å²) in [5.74, 6) is 1.93. The molecule has 4 aromatic heterocycles. The van der Waals surface area contributed by atoms with Crippen LogP contribution in [0.3, 0.4) is 0 Å². The lowest BCUT2D eigenvalue weighted by Gasteiger charge is -2.12. The van der Waals surface area contributed by atoms with E-state index < -0.39 is 0 Å². The Morgan fingerprint density at radius 3 is 1.50 bits per heavy atom. The van der Waals surface area contributed by atoms with Crippen molar-refractivity contribution in [1.29, 1.82) is 0 Å². The zero-order valence-corrected chi connectivity index (χ0v) is 27.8. The molecule has 6 heteroatoms. The Morgan fingerprint density at radius 1 is 0.327 bits per heavy atom. The summed E-state index contributed by atoms with van der Waals surface area (Å²) in [7, 11) is 0. The van der Waals surface area contributed by atoms with E-state index >= 15 is 0 Å². The highest BCUT2D eigenvalue weighted by atomic mass is 15.0. The minimum absolute atomic E-state index is 0.634. The Labute approximate surface area is 297 Å². The van der Waals surface area contributed by atoms with Crippen LogP contribution in [0.25, 0.3) is 100 Å². The van der Waals surface area contributed by atoms with E-state index in [9.17, 15) is 0 Å². The van der Waals surface area contributed by atoms with Crippen molar-refractivity contribution >= 4 is 60.2 Å². The molecule has 0 spiro atoms. The average Bonchev–Trinajstić information content (AvgIpc) is 3.77. The predicted octanol–water partition coefficient (Wildman–Crippen LogP) is 11.1. The van der Waals surface area contributed by atoms with Gasteiger partial charge in [-0.15, -0.1) is 0 Å². The van der Waals surface area contributed by atoms with E-state index in [1.54, 1.807) is 0 Å². The molecule has 0 saturated carbocycles. The molecule has 0 radical (unpaired) electrons. The van der Waals surface area contributed by atoms with Gasteiger partial charge in [0.1, 0.15) is 5.65 Å². The lowest BCUT2D eigenvalue weighted by Crippen LogP contribution is -2.00. The molecule has 52 heavy (non-hydrogen) atoms. The number of rotatable bonds is 4. The predicted molar refractivity (Wildman–Crippen MR) is 212 cm³/mol. The number of hydrogen-bond donors (Lipinski definition) is 0. The van der Waals surface area contributed by atoms with Crippen LogP contribution in [0.5, 0.6) is 0 Å². The SMILES string of the molecule is c1ccc(-c2nc(-c3ccccc3)nc(-c3ccc(-n4c5ccccc5c5cc6c(cc54)c4ccccc4n4c5ccccc5nc64)cc3)n2)cc1. The smallest absolute Gasteiger partial charge is 0.164 e. The summed E-state index contributed by atoms with van der Waals surface area (Å²) >= 11 is 0. The van der Waals surface area contributed by atoms with Crippen LogP contribution in [0.2, 0.25) is 0 Å². The Hall–Kier alpha value is -7.18. The molecule has 11 aromatic rings. The summed E-state index contributed by atoms with van der Waals surface area (Å²) < 4.78 is 4.68. The summed E-state index contributed by atoms with van der Waals surface area (Å²) in [6.07, 6.45) is 0. The number of hydrogen-bond acceptors (Lipinski definition) is 4. The van der Waals surface area contributed by atoms with Crippen LogP contribution < -0.4 is 0 Å². The van der Waals surface area contributed by atoms with Crippen LogP contribution in [0.4, 0.5) is 0 Å². The summed E-state index contributed by atoms with van der Waals surface area (Å²) in [6.45, 7) is 0. The van der Waals surface area contributed by atoms with Crippen LogP contribution in [-0.4, -0.2) is 28.9 Å². The first-order chi connectivity index (χ1) is 25.8. The number of pyridine rings is 1. The molecule has 0 atom stereocenters. The minimum atomic E-state index is 0.634. The third-order valence-corrected chi connectivity index (χ3v) is 10.1. The summed E-state index contributed by atoms with van der Waals surface area (Å²) in [5.41, 5.74) is 10.4. The van der Waals surface area contributed by atoms with Crippen molar-refractivity contribution in [2.75, 3.05) is 0 Å². The Morgan fingerprint density at radius 2 is 0.846 bits per heavy atom. The second-order valence-corrected chi connectivity index (χ2v) is 13.1. The summed E-state index contributed by atoms with van der Waals surface area (Å²) in [6, 6.07) is 59.1. The largest absolute Gasteiger partial charge is 0.309 e. The lowest BCUT2D eigenvalue weighted by atomic mass is 10.0. The molecule has 0 bridgehead atoms. The molecule has 0 fully saturated rings. The van der Waals surface area contributed by atoms with Crippen LogP contribution in [0.1, 0.15) is 0 Å². The molecule has 0 unspecified atom stereocenters. The molecule has 7 aromatic carbocycles. The summed E-state index contributed by atoms with van der Waals surface area (Å²) in [5, 5.41) is 5.90. The van der Waals surface area contributed by atoms with Gasteiger partial charge >= 0.3 is 0 Å². The fourth-order valence-corrected chi connectivity index (χ4v) is 7.75. The fourth-order valence-electron chi connectivity index (χ4n) is 7.75. The Kier molecular flexibility index (Phi) is 6.15. The third kappa shape index (κ3) is 4.31. The van der Waals surface area contributed by atoms with Crippen molar-refractivity contribution in [3.05, 3.63) is 170 Å². The van der Waals surface area contributed by atoms with Crippen LogP contribution in [0.15, 0.2) is 170 Å². The molecule has 6 nitrogen and oxygen atoms in total. The van der Waals surface area contributed by atoms with Crippen LogP contribution in [-0.2, 0) is 0 Å². The molecule has 0 aliphatic rings. The van der Waals surface area contributed by atoms with E-state index in [1.165, 1.54) is 21.5 Å². The number of nitrogens with zero attached hydrogens (tertiary/aromatic N) is 6. The number of imidazole rings is 1. The van der Waals surface area contributed by atoms with Gasteiger partial charge in [-0.3, -0.25) is 4.40 Å². The van der Waals surface area contributed by atoms with Crippen molar-refractivity contribution in [2.45, 2.75) is 0 Å². The van der Waals surface area contributed by atoms with Gasteiger partial charge in [0.15, 0.2) is 17.5 Å². The molecule has 11 rings (SSSR count). The molecule has 0 N–H and O–H groups in total. The van der Waals surface area contributed by atoms with Gasteiger partial charge in [-0.2, -0.15) is 0 Å². The van der Waals surface area contributed by atoms with Gasteiger partial charge in [0.05, 0.1) is 27.6 Å². The van der Waals surface area contributed by atoms with Gasteiger partial charge in [0.2, 0.25) is 0 Å². The van der Waals surface area contributed by atoms with Crippen molar-refractivity contribution in [2.24, 2.45) is 0 Å². The van der Waals surface area contributed by atoms with Gasteiger partial charge in [-0.25, -0.2) is 19.9 Å². The van der Waals surface area contributed by atoms with Gasteiger partial charge in [0, 0.05) is 43.9 Å².